The monoisotopic (exact) mass is 611 g/mol. The van der Waals surface area contributed by atoms with Crippen LogP contribution < -0.4 is 0 Å². The summed E-state index contributed by atoms with van der Waals surface area (Å²) >= 11 is 0. The first-order valence-corrected chi connectivity index (χ1v) is 20.4. The number of aliphatic hydroxyl groups is 2. The molecule has 0 aromatic heterocycles. The zero-order valence-corrected chi connectivity index (χ0v) is 29.1. The third-order valence-electron chi connectivity index (χ3n) is 9.35. The molecule has 3 rings (SSSR count). The Labute approximate surface area is 248 Å². The summed E-state index contributed by atoms with van der Waals surface area (Å²) in [6.45, 7) is 25.0. The van der Waals surface area contributed by atoms with Gasteiger partial charge in [0.25, 0.3) is 0 Å². The molecule has 2 N–H and O–H groups in total. The van der Waals surface area contributed by atoms with Gasteiger partial charge < -0.3 is 33.3 Å². The largest absolute Gasteiger partial charge is 0.444 e. The highest BCUT2D eigenvalue weighted by atomic mass is 28.4. The third kappa shape index (κ3) is 7.43. The van der Waals surface area contributed by atoms with Gasteiger partial charge in [0.15, 0.2) is 22.9 Å². The van der Waals surface area contributed by atoms with Gasteiger partial charge >= 0.3 is 6.09 Å². The molecule has 2 aliphatic heterocycles. The molecule has 0 bridgehead atoms. The van der Waals surface area contributed by atoms with Crippen molar-refractivity contribution in [1.82, 2.24) is 4.90 Å². The Morgan fingerprint density at radius 3 is 2.02 bits per heavy atom. The van der Waals surface area contributed by atoms with Gasteiger partial charge in [0.2, 0.25) is 0 Å². The number of carbonyl (C=O) groups excluding carboxylic acids is 1. The average Bonchev–Trinajstić information content (AvgIpc) is 3.31. The number of carbonyl (C=O) groups is 1. The molecule has 9 nitrogen and oxygen atoms in total. The predicted octanol–water partition coefficient (Wildman–Crippen LogP) is 5.62. The molecule has 0 radical (unpaired) electrons. The van der Waals surface area contributed by atoms with Crippen molar-refractivity contribution in [2.45, 2.75) is 141 Å². The molecular formula is C30H53NO8Si2. The fourth-order valence-electron chi connectivity index (χ4n) is 4.68. The van der Waals surface area contributed by atoms with Crippen LogP contribution in [0, 0.1) is 0 Å². The van der Waals surface area contributed by atoms with Crippen LogP contribution in [0.15, 0.2) is 30.3 Å². The third-order valence-corrected chi connectivity index (χ3v) is 18.3. The highest BCUT2D eigenvalue weighted by Gasteiger charge is 2.58. The summed E-state index contributed by atoms with van der Waals surface area (Å²) in [5, 5.41) is 22.8. The second-order valence-corrected chi connectivity index (χ2v) is 24.4. The minimum absolute atomic E-state index is 0.0745. The fourth-order valence-corrected chi connectivity index (χ4v) is 7.27. The first-order chi connectivity index (χ1) is 18.6. The lowest BCUT2D eigenvalue weighted by molar-refractivity contribution is -0.151. The zero-order valence-electron chi connectivity index (χ0n) is 27.1. The molecule has 1 unspecified atom stereocenters. The number of ether oxygens (including phenoxy) is 3. The van der Waals surface area contributed by atoms with Crippen LogP contribution in [0.25, 0.3) is 0 Å². The van der Waals surface area contributed by atoms with Gasteiger partial charge in [-0.15, -0.1) is 0 Å². The number of benzene rings is 1. The summed E-state index contributed by atoms with van der Waals surface area (Å²) < 4.78 is 31.3. The lowest BCUT2D eigenvalue weighted by atomic mass is 9.99. The second-order valence-electron chi connectivity index (χ2n) is 14.9. The summed E-state index contributed by atoms with van der Waals surface area (Å²) in [5.74, 6) is 0. The topological polar surface area (TPSA) is 107 Å². The molecule has 2 saturated heterocycles. The molecular weight excluding hydrogens is 559 g/mol. The van der Waals surface area contributed by atoms with Crippen LogP contribution in [0.2, 0.25) is 36.3 Å². The van der Waals surface area contributed by atoms with Gasteiger partial charge in [-0.1, -0.05) is 71.9 Å². The minimum Gasteiger partial charge on any atom is -0.444 e. The molecule has 6 atom stereocenters. The van der Waals surface area contributed by atoms with Crippen molar-refractivity contribution in [3.63, 3.8) is 0 Å². The van der Waals surface area contributed by atoms with Crippen molar-refractivity contribution in [3.8, 4) is 0 Å². The van der Waals surface area contributed by atoms with Crippen molar-refractivity contribution >= 4 is 22.7 Å². The molecule has 0 aliphatic carbocycles. The number of amides is 1. The van der Waals surface area contributed by atoms with E-state index in [2.05, 4.69) is 67.7 Å². The zero-order chi connectivity index (χ0) is 31.2. The van der Waals surface area contributed by atoms with Crippen LogP contribution in [0.1, 0.15) is 61.0 Å². The fraction of sp³-hybridized carbons (Fsp3) is 0.767. The quantitative estimate of drug-likeness (QED) is 0.365. The van der Waals surface area contributed by atoms with E-state index in [1.54, 1.807) is 13.8 Å². The summed E-state index contributed by atoms with van der Waals surface area (Å²) in [7, 11) is -4.77. The van der Waals surface area contributed by atoms with E-state index in [4.69, 9.17) is 23.1 Å². The predicted molar refractivity (Wildman–Crippen MR) is 163 cm³/mol. The van der Waals surface area contributed by atoms with Crippen molar-refractivity contribution < 1.29 is 38.1 Å². The Bertz CT molecular complexity index is 1040. The first kappa shape index (κ1) is 34.2. The van der Waals surface area contributed by atoms with Gasteiger partial charge in [-0.2, -0.15) is 0 Å². The normalized spacial score (nSPS) is 28.1. The van der Waals surface area contributed by atoms with Gasteiger partial charge in [-0.05, 0) is 55.7 Å². The molecule has 2 heterocycles. The molecule has 1 aromatic rings. The van der Waals surface area contributed by atoms with E-state index in [9.17, 15) is 15.0 Å². The van der Waals surface area contributed by atoms with Gasteiger partial charge in [0.1, 0.15) is 36.7 Å². The molecule has 41 heavy (non-hydrogen) atoms. The summed E-state index contributed by atoms with van der Waals surface area (Å²) in [6.07, 6.45) is -5.64. The molecule has 0 spiro atoms. The number of aliphatic hydroxyl groups excluding tert-OH is 2. The number of nitrogens with zero attached hydrogens (tertiary/aromatic N) is 1. The van der Waals surface area contributed by atoms with Crippen LogP contribution in [-0.4, -0.2) is 86.9 Å². The van der Waals surface area contributed by atoms with Crippen molar-refractivity contribution in [2.75, 3.05) is 6.61 Å². The molecule has 2 fully saturated rings. The van der Waals surface area contributed by atoms with Crippen LogP contribution in [0.3, 0.4) is 0 Å². The van der Waals surface area contributed by atoms with Crippen LogP contribution >= 0.6 is 0 Å². The summed E-state index contributed by atoms with van der Waals surface area (Å²) in [6, 6.07) is 8.63. The lowest BCUT2D eigenvalue weighted by Crippen LogP contribution is -2.59. The van der Waals surface area contributed by atoms with Crippen molar-refractivity contribution in [2.24, 2.45) is 0 Å². The number of hydrogen-bond donors (Lipinski definition) is 2. The molecule has 0 saturated carbocycles. The first-order valence-electron chi connectivity index (χ1n) is 14.6. The van der Waals surface area contributed by atoms with Crippen molar-refractivity contribution in [1.29, 1.82) is 0 Å². The van der Waals surface area contributed by atoms with E-state index in [0.29, 0.717) is 0 Å². The molecule has 2 aliphatic rings. The molecule has 11 heteroatoms. The Morgan fingerprint density at radius 1 is 1.00 bits per heavy atom. The summed E-state index contributed by atoms with van der Waals surface area (Å²) in [4.78, 5) is 14.8. The highest BCUT2D eigenvalue weighted by molar-refractivity contribution is 6.74. The Balaban J connectivity index is 1.92. The molecule has 234 valence electrons. The van der Waals surface area contributed by atoms with E-state index in [1.165, 1.54) is 4.90 Å². The second kappa shape index (κ2) is 12.0. The lowest BCUT2D eigenvalue weighted by Gasteiger charge is -2.44. The Morgan fingerprint density at radius 2 is 1.51 bits per heavy atom. The van der Waals surface area contributed by atoms with Gasteiger partial charge in [-0.25, -0.2) is 4.79 Å². The maximum Gasteiger partial charge on any atom is 0.412 e. The van der Waals surface area contributed by atoms with Crippen LogP contribution in [0.4, 0.5) is 4.79 Å². The van der Waals surface area contributed by atoms with Crippen LogP contribution in [-0.2, 0) is 29.7 Å². The SMILES string of the molecule is CC1(C)OC[C@@H]([C@@H](O)[C@@H]2OC(O)[C@H](O[Si](C)(C)C(C)(C)C)[C@H]2O[Si](C)(C)C(C)(C)C)N1C(=O)OCc1ccccc1. The summed E-state index contributed by atoms with van der Waals surface area (Å²) in [5.41, 5.74) is -0.171. The number of rotatable bonds is 8. The van der Waals surface area contributed by atoms with E-state index in [0.717, 1.165) is 5.56 Å². The molecule has 1 amide bonds. The van der Waals surface area contributed by atoms with Gasteiger partial charge in [0, 0.05) is 0 Å². The van der Waals surface area contributed by atoms with Gasteiger partial charge in [-0.3, -0.25) is 4.90 Å². The standard InChI is InChI=1S/C30H53NO8Si2/c1-28(2,3)40(9,10)38-24-23(37-26(33)25(24)39-41(11,12)29(4,5)6)22(32)21-19-36-30(7,8)31(21)27(34)35-18-20-16-14-13-15-17-20/h13-17,21-26,32-33H,18-19H2,1-12H3/t21-,22+,23-,24-,25+,26?/m0/s1. The highest BCUT2D eigenvalue weighted by Crippen LogP contribution is 2.44. The average molecular weight is 612 g/mol. The van der Waals surface area contributed by atoms with E-state index in [1.807, 2.05) is 30.3 Å². The smallest absolute Gasteiger partial charge is 0.412 e. The molecule has 1 aromatic carbocycles. The van der Waals surface area contributed by atoms with E-state index >= 15 is 0 Å². The minimum atomic E-state index is -2.41. The van der Waals surface area contributed by atoms with Crippen molar-refractivity contribution in [3.05, 3.63) is 35.9 Å². The van der Waals surface area contributed by atoms with Crippen LogP contribution in [0.5, 0.6) is 0 Å². The van der Waals surface area contributed by atoms with E-state index in [-0.39, 0.29) is 23.3 Å². The Hall–Kier alpha value is -1.32. The maximum absolute atomic E-state index is 13.4. The van der Waals surface area contributed by atoms with Gasteiger partial charge in [0.05, 0.1) is 12.6 Å². The maximum atomic E-state index is 13.4. The van der Waals surface area contributed by atoms with E-state index < -0.39 is 65.2 Å². The number of hydrogen-bond acceptors (Lipinski definition) is 8. The Kier molecular flexibility index (Phi) is 10.00.